The molecule has 3 aliphatic rings. The van der Waals surface area contributed by atoms with Crippen LogP contribution in [0.3, 0.4) is 0 Å². The highest BCUT2D eigenvalue weighted by atomic mass is 14.6. The molecule has 0 saturated heterocycles. The molecule has 0 aromatic rings. The van der Waals surface area contributed by atoms with Gasteiger partial charge in [-0.3, -0.25) is 0 Å². The number of rotatable bonds is 0. The van der Waals surface area contributed by atoms with Gasteiger partial charge in [0.15, 0.2) is 0 Å². The summed E-state index contributed by atoms with van der Waals surface area (Å²) in [6, 6.07) is 0. The minimum absolute atomic E-state index is 0.704. The van der Waals surface area contributed by atoms with Gasteiger partial charge >= 0.3 is 0 Å². The molecule has 58 valence electrons. The number of hydrogen-bond donors (Lipinski definition) is 0. The summed E-state index contributed by atoms with van der Waals surface area (Å²) in [7, 11) is 0. The molecule has 1 fully saturated rings. The summed E-state index contributed by atoms with van der Waals surface area (Å²) in [4.78, 5) is 0. The van der Waals surface area contributed by atoms with Gasteiger partial charge in [-0.05, 0) is 42.9 Å². The van der Waals surface area contributed by atoms with Crippen molar-refractivity contribution in [1.29, 1.82) is 0 Å². The van der Waals surface area contributed by atoms with Crippen molar-refractivity contribution in [3.8, 4) is 0 Å². The van der Waals surface area contributed by atoms with E-state index in [-0.39, 0.29) is 0 Å². The van der Waals surface area contributed by atoms with Gasteiger partial charge in [-0.1, -0.05) is 24.3 Å². The van der Waals surface area contributed by atoms with E-state index in [2.05, 4.69) is 24.3 Å². The quantitative estimate of drug-likeness (QED) is 0.461. The molecule has 1 saturated carbocycles. The lowest BCUT2D eigenvalue weighted by Crippen LogP contribution is -2.18. The zero-order valence-corrected chi connectivity index (χ0v) is 6.79. The van der Waals surface area contributed by atoms with Crippen LogP contribution in [0.25, 0.3) is 0 Å². The van der Waals surface area contributed by atoms with E-state index in [1.54, 1.807) is 0 Å². The Hall–Kier alpha value is -0.520. The highest BCUT2D eigenvalue weighted by Crippen LogP contribution is 2.61. The van der Waals surface area contributed by atoms with Crippen LogP contribution in [0.1, 0.15) is 25.7 Å². The summed E-state index contributed by atoms with van der Waals surface area (Å²) < 4.78 is 0. The van der Waals surface area contributed by atoms with E-state index in [1.165, 1.54) is 25.7 Å². The van der Waals surface area contributed by atoms with E-state index < -0.39 is 0 Å². The second-order valence-corrected chi connectivity index (χ2v) is 4.31. The van der Waals surface area contributed by atoms with Gasteiger partial charge in [0.25, 0.3) is 0 Å². The molecule has 3 aliphatic carbocycles. The average molecular weight is 146 g/mol. The third-order valence-corrected chi connectivity index (χ3v) is 3.72. The molecule has 1 spiro atoms. The number of hydrogen-bond acceptors (Lipinski definition) is 0. The van der Waals surface area contributed by atoms with Gasteiger partial charge in [0.05, 0.1) is 0 Å². The van der Waals surface area contributed by atoms with E-state index in [1.807, 2.05) is 0 Å². The zero-order valence-electron chi connectivity index (χ0n) is 6.79. The van der Waals surface area contributed by atoms with Crippen LogP contribution in [-0.2, 0) is 0 Å². The van der Waals surface area contributed by atoms with Gasteiger partial charge in [-0.15, -0.1) is 0 Å². The molecule has 0 bridgehead atoms. The van der Waals surface area contributed by atoms with Gasteiger partial charge in [0, 0.05) is 0 Å². The van der Waals surface area contributed by atoms with Crippen molar-refractivity contribution < 1.29 is 0 Å². The molecule has 0 aliphatic heterocycles. The molecule has 0 amide bonds. The molecule has 0 aromatic carbocycles. The summed E-state index contributed by atoms with van der Waals surface area (Å²) in [5.74, 6) is 1.90. The van der Waals surface area contributed by atoms with Crippen molar-refractivity contribution in [3.63, 3.8) is 0 Å². The Labute approximate surface area is 68.0 Å². The molecule has 0 N–H and O–H groups in total. The summed E-state index contributed by atoms with van der Waals surface area (Å²) in [5, 5.41) is 0. The van der Waals surface area contributed by atoms with Crippen molar-refractivity contribution in [2.24, 2.45) is 17.3 Å². The minimum Gasteiger partial charge on any atom is -0.0882 e. The molecule has 0 heterocycles. The van der Waals surface area contributed by atoms with Crippen molar-refractivity contribution in [2.75, 3.05) is 0 Å². The van der Waals surface area contributed by atoms with E-state index in [0.717, 1.165) is 11.8 Å². The lowest BCUT2D eigenvalue weighted by molar-refractivity contribution is 0.310. The van der Waals surface area contributed by atoms with Crippen LogP contribution < -0.4 is 0 Å². The Morgan fingerprint density at radius 1 is 1.09 bits per heavy atom. The van der Waals surface area contributed by atoms with Gasteiger partial charge in [0.1, 0.15) is 0 Å². The predicted molar refractivity (Wildman–Crippen MR) is 46.2 cm³/mol. The van der Waals surface area contributed by atoms with Crippen LogP contribution in [0, 0.1) is 17.3 Å². The summed E-state index contributed by atoms with van der Waals surface area (Å²) in [6.07, 6.45) is 15.3. The highest BCUT2D eigenvalue weighted by Gasteiger charge is 2.52. The first-order valence-corrected chi connectivity index (χ1v) is 4.75. The van der Waals surface area contributed by atoms with E-state index in [0.29, 0.717) is 5.41 Å². The van der Waals surface area contributed by atoms with Crippen LogP contribution in [0.15, 0.2) is 24.3 Å². The first-order chi connectivity index (χ1) is 5.41. The van der Waals surface area contributed by atoms with Crippen molar-refractivity contribution in [3.05, 3.63) is 24.3 Å². The molecular formula is C11H14. The molecule has 2 atom stereocenters. The standard InChI is InChI=1S/C11H14/c1-2-4-10-9(3-1)5-6-11(10)7-8-11/h1-2,5-6,9-10H,3-4,7-8H2. The second kappa shape index (κ2) is 1.80. The Morgan fingerprint density at radius 2 is 1.91 bits per heavy atom. The SMILES string of the molecule is C1=CCC2C(C=CC23CC3)C1. The van der Waals surface area contributed by atoms with Crippen molar-refractivity contribution in [2.45, 2.75) is 25.7 Å². The normalized spacial score (nSPS) is 42.9. The molecular weight excluding hydrogens is 132 g/mol. The van der Waals surface area contributed by atoms with Crippen LogP contribution in [0.4, 0.5) is 0 Å². The summed E-state index contributed by atoms with van der Waals surface area (Å²) in [6.45, 7) is 0. The third-order valence-electron chi connectivity index (χ3n) is 3.72. The van der Waals surface area contributed by atoms with Gasteiger partial charge in [-0.25, -0.2) is 0 Å². The van der Waals surface area contributed by atoms with Crippen LogP contribution in [-0.4, -0.2) is 0 Å². The topological polar surface area (TPSA) is 0 Å². The third kappa shape index (κ3) is 0.702. The lowest BCUT2D eigenvalue weighted by Gasteiger charge is -2.25. The predicted octanol–water partition coefficient (Wildman–Crippen LogP) is 2.92. The maximum atomic E-state index is 2.51. The largest absolute Gasteiger partial charge is 0.0882 e. The lowest BCUT2D eigenvalue weighted by atomic mass is 9.79. The van der Waals surface area contributed by atoms with Crippen molar-refractivity contribution in [1.82, 2.24) is 0 Å². The number of allylic oxidation sites excluding steroid dienone is 4. The Kier molecular flexibility index (Phi) is 0.988. The average Bonchev–Trinajstić information content (AvgIpc) is 2.72. The monoisotopic (exact) mass is 146 g/mol. The van der Waals surface area contributed by atoms with E-state index in [9.17, 15) is 0 Å². The molecule has 0 aromatic heterocycles. The maximum absolute atomic E-state index is 2.51. The van der Waals surface area contributed by atoms with Crippen LogP contribution in [0.2, 0.25) is 0 Å². The molecule has 0 radical (unpaired) electrons. The van der Waals surface area contributed by atoms with Crippen LogP contribution in [0.5, 0.6) is 0 Å². The fraction of sp³-hybridized carbons (Fsp3) is 0.636. The molecule has 3 rings (SSSR count). The highest BCUT2D eigenvalue weighted by molar-refractivity contribution is 5.24. The maximum Gasteiger partial charge on any atom is -0.00806 e. The Bertz CT molecular complexity index is 230. The summed E-state index contributed by atoms with van der Waals surface area (Å²) >= 11 is 0. The molecule has 11 heavy (non-hydrogen) atoms. The zero-order chi connectivity index (χ0) is 7.31. The molecule has 2 unspecified atom stereocenters. The fourth-order valence-corrected chi connectivity index (χ4v) is 2.83. The first-order valence-electron chi connectivity index (χ1n) is 4.75. The molecule has 0 nitrogen and oxygen atoms in total. The second-order valence-electron chi connectivity index (χ2n) is 4.31. The van der Waals surface area contributed by atoms with Gasteiger partial charge in [0.2, 0.25) is 0 Å². The van der Waals surface area contributed by atoms with Gasteiger partial charge in [-0.2, -0.15) is 0 Å². The smallest absolute Gasteiger partial charge is 0.00806 e. The first kappa shape index (κ1) is 6.05. The minimum atomic E-state index is 0.704. The van der Waals surface area contributed by atoms with Crippen molar-refractivity contribution >= 4 is 0 Å². The van der Waals surface area contributed by atoms with E-state index in [4.69, 9.17) is 0 Å². The fourth-order valence-electron chi connectivity index (χ4n) is 2.83. The van der Waals surface area contributed by atoms with E-state index >= 15 is 0 Å². The number of fused-ring (bicyclic) bond motifs is 2. The summed E-state index contributed by atoms with van der Waals surface area (Å²) in [5.41, 5.74) is 0.704. The Balaban J connectivity index is 1.94. The Morgan fingerprint density at radius 3 is 2.73 bits per heavy atom. The molecule has 0 heteroatoms. The van der Waals surface area contributed by atoms with Crippen LogP contribution >= 0.6 is 0 Å². The van der Waals surface area contributed by atoms with Gasteiger partial charge < -0.3 is 0 Å².